The van der Waals surface area contributed by atoms with E-state index in [1.54, 1.807) is 0 Å². The van der Waals surface area contributed by atoms with Crippen LogP contribution in [0.15, 0.2) is 4.99 Å². The Labute approximate surface area is 76.3 Å². The van der Waals surface area contributed by atoms with Crippen molar-refractivity contribution < 1.29 is 0 Å². The molecule has 1 heteroatoms. The van der Waals surface area contributed by atoms with Crippen LogP contribution in [0, 0.1) is 17.8 Å². The molecule has 0 fully saturated rings. The van der Waals surface area contributed by atoms with Gasteiger partial charge in [0.15, 0.2) is 0 Å². The van der Waals surface area contributed by atoms with Gasteiger partial charge in [-0.1, -0.05) is 27.7 Å². The van der Waals surface area contributed by atoms with E-state index in [1.165, 1.54) is 5.71 Å². The van der Waals surface area contributed by atoms with Gasteiger partial charge in [-0.2, -0.15) is 0 Å². The first kappa shape index (κ1) is 9.76. The minimum absolute atomic E-state index is 0.533. The normalized spacial score (nSPS) is 42.6. The lowest BCUT2D eigenvalue weighted by Gasteiger charge is -2.35. The third-order valence-electron chi connectivity index (χ3n) is 3.64. The lowest BCUT2D eigenvalue weighted by atomic mass is 9.76. The Morgan fingerprint density at radius 1 is 1.08 bits per heavy atom. The van der Waals surface area contributed by atoms with Crippen LogP contribution < -0.4 is 0 Å². The molecule has 0 aliphatic carbocycles. The van der Waals surface area contributed by atoms with Gasteiger partial charge in [-0.15, -0.1) is 0 Å². The summed E-state index contributed by atoms with van der Waals surface area (Å²) in [6, 6.07) is 0.533. The lowest BCUT2D eigenvalue weighted by Crippen LogP contribution is -2.35. The molecule has 4 unspecified atom stereocenters. The fourth-order valence-corrected chi connectivity index (χ4v) is 2.11. The van der Waals surface area contributed by atoms with E-state index in [9.17, 15) is 0 Å². The fraction of sp³-hybridized carbons (Fsp3) is 0.909. The molecular formula is C11H21N. The smallest absolute Gasteiger partial charge is 0.0499 e. The van der Waals surface area contributed by atoms with Gasteiger partial charge in [0.2, 0.25) is 0 Å². The van der Waals surface area contributed by atoms with Crippen LogP contribution in [-0.2, 0) is 0 Å². The second-order valence-corrected chi connectivity index (χ2v) is 4.22. The molecule has 1 aliphatic heterocycles. The number of nitrogens with zero attached hydrogens (tertiary/aromatic N) is 1. The molecule has 1 aliphatic rings. The van der Waals surface area contributed by atoms with Crippen LogP contribution in [0.5, 0.6) is 0 Å². The zero-order valence-corrected chi connectivity index (χ0v) is 8.96. The summed E-state index contributed by atoms with van der Waals surface area (Å²) in [6.45, 7) is 11.4. The molecule has 0 aromatic rings. The average Bonchev–Trinajstić information content (AvgIpc) is 2.08. The molecule has 1 heterocycles. The quantitative estimate of drug-likeness (QED) is 0.569. The van der Waals surface area contributed by atoms with E-state index in [1.807, 2.05) is 0 Å². The van der Waals surface area contributed by atoms with Crippen molar-refractivity contribution >= 4 is 5.71 Å². The SMILES string of the molecule is CCC1=NC(C)C(C)C(C)C1C. The molecule has 0 N–H and O–H groups in total. The zero-order valence-electron chi connectivity index (χ0n) is 8.96. The van der Waals surface area contributed by atoms with Crippen LogP contribution in [0.1, 0.15) is 41.0 Å². The van der Waals surface area contributed by atoms with Crippen molar-refractivity contribution in [1.29, 1.82) is 0 Å². The maximum Gasteiger partial charge on any atom is 0.0499 e. The van der Waals surface area contributed by atoms with Gasteiger partial charge in [-0.25, -0.2) is 0 Å². The molecule has 1 rings (SSSR count). The number of hydrogen-bond donors (Lipinski definition) is 0. The van der Waals surface area contributed by atoms with Crippen molar-refractivity contribution in [1.82, 2.24) is 0 Å². The summed E-state index contributed by atoms with van der Waals surface area (Å²) in [6.07, 6.45) is 1.13. The molecule has 0 saturated heterocycles. The highest BCUT2D eigenvalue weighted by Crippen LogP contribution is 2.31. The van der Waals surface area contributed by atoms with E-state index < -0.39 is 0 Å². The Kier molecular flexibility index (Phi) is 2.92. The topological polar surface area (TPSA) is 12.4 Å². The van der Waals surface area contributed by atoms with Gasteiger partial charge in [-0.05, 0) is 31.1 Å². The summed E-state index contributed by atoms with van der Waals surface area (Å²) >= 11 is 0. The Morgan fingerprint density at radius 3 is 2.17 bits per heavy atom. The Hall–Kier alpha value is -0.330. The first-order chi connectivity index (χ1) is 5.57. The third-order valence-corrected chi connectivity index (χ3v) is 3.64. The molecule has 1 nitrogen and oxygen atoms in total. The summed E-state index contributed by atoms with van der Waals surface area (Å²) in [4.78, 5) is 4.73. The molecule has 0 spiro atoms. The molecule has 70 valence electrons. The molecule has 0 bridgehead atoms. The molecule has 0 saturated carbocycles. The van der Waals surface area contributed by atoms with Gasteiger partial charge in [0.05, 0.1) is 0 Å². The third kappa shape index (κ3) is 1.55. The molecule has 0 aromatic carbocycles. The van der Waals surface area contributed by atoms with Crippen LogP contribution in [0.25, 0.3) is 0 Å². The van der Waals surface area contributed by atoms with Crippen LogP contribution in [0.2, 0.25) is 0 Å². The van der Waals surface area contributed by atoms with Crippen LogP contribution in [-0.4, -0.2) is 11.8 Å². The van der Waals surface area contributed by atoms with Crippen LogP contribution >= 0.6 is 0 Å². The van der Waals surface area contributed by atoms with Crippen molar-refractivity contribution in [2.24, 2.45) is 22.7 Å². The van der Waals surface area contributed by atoms with E-state index in [0.29, 0.717) is 12.0 Å². The highest BCUT2D eigenvalue weighted by atomic mass is 14.8. The van der Waals surface area contributed by atoms with E-state index in [4.69, 9.17) is 4.99 Å². The molecule has 0 aromatic heterocycles. The predicted molar refractivity (Wildman–Crippen MR) is 54.7 cm³/mol. The predicted octanol–water partition coefficient (Wildman–Crippen LogP) is 3.15. The van der Waals surface area contributed by atoms with Crippen molar-refractivity contribution in [2.45, 2.75) is 47.1 Å². The fourth-order valence-electron chi connectivity index (χ4n) is 2.11. The molecule has 0 amide bonds. The number of hydrogen-bond acceptors (Lipinski definition) is 1. The summed E-state index contributed by atoms with van der Waals surface area (Å²) in [7, 11) is 0. The van der Waals surface area contributed by atoms with Crippen molar-refractivity contribution in [3.8, 4) is 0 Å². The van der Waals surface area contributed by atoms with Gasteiger partial charge < -0.3 is 0 Å². The highest BCUT2D eigenvalue weighted by molar-refractivity contribution is 5.87. The minimum atomic E-state index is 0.533. The largest absolute Gasteiger partial charge is 0.291 e. The van der Waals surface area contributed by atoms with E-state index in [-0.39, 0.29) is 0 Å². The Bertz CT molecular complexity index is 183. The highest BCUT2D eigenvalue weighted by Gasteiger charge is 2.30. The van der Waals surface area contributed by atoms with Crippen LogP contribution in [0.4, 0.5) is 0 Å². The van der Waals surface area contributed by atoms with E-state index in [0.717, 1.165) is 18.3 Å². The summed E-state index contributed by atoms with van der Waals surface area (Å²) in [5.74, 6) is 2.24. The second kappa shape index (κ2) is 3.59. The molecular weight excluding hydrogens is 146 g/mol. The summed E-state index contributed by atoms with van der Waals surface area (Å²) in [5, 5.41) is 0. The monoisotopic (exact) mass is 167 g/mol. The molecule has 0 radical (unpaired) electrons. The van der Waals surface area contributed by atoms with Gasteiger partial charge in [0, 0.05) is 11.8 Å². The maximum atomic E-state index is 4.73. The van der Waals surface area contributed by atoms with E-state index >= 15 is 0 Å². The first-order valence-electron chi connectivity index (χ1n) is 5.14. The van der Waals surface area contributed by atoms with Gasteiger partial charge >= 0.3 is 0 Å². The van der Waals surface area contributed by atoms with Gasteiger partial charge in [0.25, 0.3) is 0 Å². The number of aliphatic imine (C=N–C) groups is 1. The molecule has 4 atom stereocenters. The number of rotatable bonds is 1. The van der Waals surface area contributed by atoms with Gasteiger partial charge in [-0.3, -0.25) is 4.99 Å². The van der Waals surface area contributed by atoms with E-state index in [2.05, 4.69) is 34.6 Å². The van der Waals surface area contributed by atoms with Crippen molar-refractivity contribution in [3.05, 3.63) is 0 Å². The average molecular weight is 167 g/mol. The first-order valence-corrected chi connectivity index (χ1v) is 5.14. The zero-order chi connectivity index (χ0) is 9.30. The standard InChI is InChI=1S/C11H21N/c1-6-11-9(4)7(2)8(3)10(5)12-11/h7-10H,6H2,1-5H3. The minimum Gasteiger partial charge on any atom is -0.291 e. The summed E-state index contributed by atoms with van der Waals surface area (Å²) in [5.41, 5.74) is 1.42. The van der Waals surface area contributed by atoms with Crippen molar-refractivity contribution in [2.75, 3.05) is 0 Å². The Balaban J connectivity index is 2.84. The lowest BCUT2D eigenvalue weighted by molar-refractivity contribution is 0.274. The summed E-state index contributed by atoms with van der Waals surface area (Å²) < 4.78 is 0. The Morgan fingerprint density at radius 2 is 1.67 bits per heavy atom. The van der Waals surface area contributed by atoms with Gasteiger partial charge in [0.1, 0.15) is 0 Å². The maximum absolute atomic E-state index is 4.73. The van der Waals surface area contributed by atoms with Crippen molar-refractivity contribution in [3.63, 3.8) is 0 Å². The molecule has 12 heavy (non-hydrogen) atoms. The second-order valence-electron chi connectivity index (χ2n) is 4.22. The van der Waals surface area contributed by atoms with Crippen LogP contribution in [0.3, 0.4) is 0 Å².